The van der Waals surface area contributed by atoms with E-state index >= 15 is 0 Å². The van der Waals surface area contributed by atoms with Crippen LogP contribution in [0.2, 0.25) is 0 Å². The lowest BCUT2D eigenvalue weighted by Gasteiger charge is -2.24. The normalized spacial score (nSPS) is 17.8. The average Bonchev–Trinajstić information content (AvgIpc) is 2.97. The summed E-state index contributed by atoms with van der Waals surface area (Å²) in [5.41, 5.74) is 0.764. The Hall–Kier alpha value is -4.14. The molecule has 4 rings (SSSR count). The number of nitrogens with one attached hydrogen (secondary N) is 2. The number of urea groups is 1. The SMILES string of the molecule is CCOC(=O)Nc1ccc2c(CN3C(=O)NC(C)(c4ccccc4C)C3=O)cc(=O)oc2c1. The molecular weight excluding hydrogens is 426 g/mol. The lowest BCUT2D eigenvalue weighted by Crippen LogP contribution is -2.41. The average molecular weight is 449 g/mol. The molecule has 0 bridgehead atoms. The number of carbonyl (C=O) groups excluding carboxylic acids is 3. The maximum absolute atomic E-state index is 13.3. The molecule has 33 heavy (non-hydrogen) atoms. The van der Waals surface area contributed by atoms with E-state index in [9.17, 15) is 19.2 Å². The van der Waals surface area contributed by atoms with E-state index in [1.807, 2.05) is 31.2 Å². The van der Waals surface area contributed by atoms with Gasteiger partial charge in [0, 0.05) is 23.2 Å². The molecule has 0 radical (unpaired) electrons. The highest BCUT2D eigenvalue weighted by Crippen LogP contribution is 2.32. The van der Waals surface area contributed by atoms with E-state index < -0.39 is 29.2 Å². The van der Waals surface area contributed by atoms with Gasteiger partial charge in [0.2, 0.25) is 0 Å². The Bertz CT molecular complexity index is 1330. The molecule has 9 heteroatoms. The minimum atomic E-state index is -1.21. The number of imide groups is 1. The highest BCUT2D eigenvalue weighted by atomic mass is 16.5. The number of amides is 4. The van der Waals surface area contributed by atoms with Gasteiger partial charge in [-0.1, -0.05) is 24.3 Å². The van der Waals surface area contributed by atoms with Crippen LogP contribution in [0.5, 0.6) is 0 Å². The van der Waals surface area contributed by atoms with Gasteiger partial charge in [-0.3, -0.25) is 15.0 Å². The van der Waals surface area contributed by atoms with Crippen molar-refractivity contribution in [3.63, 3.8) is 0 Å². The molecule has 170 valence electrons. The lowest BCUT2D eigenvalue weighted by atomic mass is 9.88. The molecule has 1 saturated heterocycles. The second kappa shape index (κ2) is 8.42. The first-order valence-corrected chi connectivity index (χ1v) is 10.4. The van der Waals surface area contributed by atoms with Gasteiger partial charge in [0.15, 0.2) is 0 Å². The molecule has 2 heterocycles. The molecule has 0 saturated carbocycles. The first-order chi connectivity index (χ1) is 15.7. The van der Waals surface area contributed by atoms with Gasteiger partial charge in [-0.15, -0.1) is 0 Å². The van der Waals surface area contributed by atoms with Crippen LogP contribution in [-0.4, -0.2) is 29.5 Å². The summed E-state index contributed by atoms with van der Waals surface area (Å²) in [7, 11) is 0. The summed E-state index contributed by atoms with van der Waals surface area (Å²) in [6.07, 6.45) is -0.634. The zero-order chi connectivity index (χ0) is 23.8. The number of hydrogen-bond acceptors (Lipinski definition) is 6. The monoisotopic (exact) mass is 449 g/mol. The van der Waals surface area contributed by atoms with Gasteiger partial charge in [-0.25, -0.2) is 14.4 Å². The summed E-state index contributed by atoms with van der Waals surface area (Å²) >= 11 is 0. The second-order valence-corrected chi connectivity index (χ2v) is 7.91. The summed E-state index contributed by atoms with van der Waals surface area (Å²) in [4.78, 5) is 51.1. The molecule has 0 aliphatic carbocycles. The van der Waals surface area contributed by atoms with Crippen molar-refractivity contribution in [3.05, 3.63) is 75.6 Å². The second-order valence-electron chi connectivity index (χ2n) is 7.91. The Morgan fingerprint density at radius 3 is 2.64 bits per heavy atom. The predicted octanol–water partition coefficient (Wildman–Crippen LogP) is 3.64. The lowest BCUT2D eigenvalue weighted by molar-refractivity contribution is -0.131. The van der Waals surface area contributed by atoms with Crippen molar-refractivity contribution in [2.24, 2.45) is 0 Å². The molecule has 2 aromatic carbocycles. The van der Waals surface area contributed by atoms with Crippen LogP contribution in [0.4, 0.5) is 15.3 Å². The zero-order valence-corrected chi connectivity index (χ0v) is 18.4. The molecule has 3 aromatic rings. The molecule has 1 aromatic heterocycles. The number of benzene rings is 2. The molecule has 2 N–H and O–H groups in total. The Morgan fingerprint density at radius 1 is 1.15 bits per heavy atom. The van der Waals surface area contributed by atoms with Gasteiger partial charge in [0.1, 0.15) is 11.1 Å². The maximum atomic E-state index is 13.3. The van der Waals surface area contributed by atoms with E-state index in [0.29, 0.717) is 22.2 Å². The van der Waals surface area contributed by atoms with Crippen LogP contribution in [0.3, 0.4) is 0 Å². The maximum Gasteiger partial charge on any atom is 0.411 e. The third-order valence-electron chi connectivity index (χ3n) is 5.64. The third kappa shape index (κ3) is 4.05. The molecule has 1 aliphatic rings. The quantitative estimate of drug-likeness (QED) is 0.454. The summed E-state index contributed by atoms with van der Waals surface area (Å²) in [6.45, 7) is 5.33. The van der Waals surface area contributed by atoms with Crippen LogP contribution in [-0.2, 0) is 21.6 Å². The molecule has 9 nitrogen and oxygen atoms in total. The minimum absolute atomic E-state index is 0.112. The first kappa shape index (κ1) is 22.1. The molecule has 1 atom stereocenters. The smallest absolute Gasteiger partial charge is 0.411 e. The standard InChI is InChI=1S/C24H23N3O6/c1-4-32-23(31)25-16-9-10-17-15(11-20(28)33-19(17)12-16)13-27-21(29)24(3,26-22(27)30)18-8-6-5-7-14(18)2/h5-12H,4,13H2,1-3H3,(H,25,31)(H,26,30). The van der Waals surface area contributed by atoms with Gasteiger partial charge < -0.3 is 14.5 Å². The summed E-state index contributed by atoms with van der Waals surface area (Å²) in [5.74, 6) is -0.413. The van der Waals surface area contributed by atoms with Crippen LogP contribution >= 0.6 is 0 Å². The van der Waals surface area contributed by atoms with E-state index in [-0.39, 0.29) is 18.7 Å². The van der Waals surface area contributed by atoms with Crippen molar-refractivity contribution in [3.8, 4) is 0 Å². The van der Waals surface area contributed by atoms with Crippen LogP contribution in [0.15, 0.2) is 57.7 Å². The molecule has 1 fully saturated rings. The van der Waals surface area contributed by atoms with E-state index in [4.69, 9.17) is 9.15 Å². The first-order valence-electron chi connectivity index (χ1n) is 10.4. The van der Waals surface area contributed by atoms with E-state index in [1.54, 1.807) is 26.0 Å². The Morgan fingerprint density at radius 2 is 1.91 bits per heavy atom. The summed E-state index contributed by atoms with van der Waals surface area (Å²) in [5, 5.41) is 5.87. The van der Waals surface area contributed by atoms with Crippen LogP contribution < -0.4 is 16.3 Å². The van der Waals surface area contributed by atoms with Crippen molar-refractivity contribution in [2.45, 2.75) is 32.9 Å². The molecular formula is C24H23N3O6. The van der Waals surface area contributed by atoms with Gasteiger partial charge in [0.05, 0.1) is 13.2 Å². The Kier molecular flexibility index (Phi) is 5.63. The fourth-order valence-electron chi connectivity index (χ4n) is 4.05. The largest absolute Gasteiger partial charge is 0.450 e. The highest BCUT2D eigenvalue weighted by molar-refractivity contribution is 6.07. The minimum Gasteiger partial charge on any atom is -0.450 e. The molecule has 0 spiro atoms. The number of hydrogen-bond donors (Lipinski definition) is 2. The fourth-order valence-corrected chi connectivity index (χ4v) is 4.05. The van der Waals surface area contributed by atoms with Crippen molar-refractivity contribution >= 4 is 34.7 Å². The van der Waals surface area contributed by atoms with E-state index in [1.165, 1.54) is 12.1 Å². The van der Waals surface area contributed by atoms with Crippen molar-refractivity contribution < 1.29 is 23.5 Å². The molecule has 1 unspecified atom stereocenters. The molecule has 4 amide bonds. The van der Waals surface area contributed by atoms with Gasteiger partial charge >= 0.3 is 17.7 Å². The predicted molar refractivity (Wildman–Crippen MR) is 121 cm³/mol. The van der Waals surface area contributed by atoms with Crippen molar-refractivity contribution in [2.75, 3.05) is 11.9 Å². The summed E-state index contributed by atoms with van der Waals surface area (Å²) in [6, 6.07) is 12.8. The van der Waals surface area contributed by atoms with Crippen molar-refractivity contribution in [1.82, 2.24) is 10.2 Å². The van der Waals surface area contributed by atoms with Crippen LogP contribution in [0, 0.1) is 6.92 Å². The number of rotatable bonds is 5. The highest BCUT2D eigenvalue weighted by Gasteiger charge is 2.49. The number of carbonyl (C=O) groups is 3. The van der Waals surface area contributed by atoms with E-state index in [2.05, 4.69) is 10.6 Å². The van der Waals surface area contributed by atoms with Gasteiger partial charge in [-0.2, -0.15) is 0 Å². The van der Waals surface area contributed by atoms with Gasteiger partial charge in [0.25, 0.3) is 5.91 Å². The van der Waals surface area contributed by atoms with Crippen LogP contribution in [0.1, 0.15) is 30.5 Å². The summed E-state index contributed by atoms with van der Waals surface area (Å²) < 4.78 is 10.1. The number of nitrogens with zero attached hydrogens (tertiary/aromatic N) is 1. The molecule has 1 aliphatic heterocycles. The number of ether oxygens (including phenoxy) is 1. The third-order valence-corrected chi connectivity index (χ3v) is 5.64. The topological polar surface area (TPSA) is 118 Å². The number of anilines is 1. The number of aryl methyl sites for hydroxylation is 1. The van der Waals surface area contributed by atoms with Gasteiger partial charge in [-0.05, 0) is 49.6 Å². The number of fused-ring (bicyclic) bond motifs is 1. The van der Waals surface area contributed by atoms with Crippen LogP contribution in [0.25, 0.3) is 11.0 Å². The van der Waals surface area contributed by atoms with Crippen molar-refractivity contribution in [1.29, 1.82) is 0 Å². The Balaban J connectivity index is 1.67. The fraction of sp³-hybridized carbons (Fsp3) is 0.250. The Labute approximate surface area is 189 Å². The van der Waals surface area contributed by atoms with E-state index in [0.717, 1.165) is 10.5 Å². The zero-order valence-electron chi connectivity index (χ0n) is 18.4.